The van der Waals surface area contributed by atoms with Gasteiger partial charge in [0.05, 0.1) is 11.5 Å². The fourth-order valence-corrected chi connectivity index (χ4v) is 6.28. The smallest absolute Gasteiger partial charge is 0.226 e. The van der Waals surface area contributed by atoms with Gasteiger partial charge in [-0.25, -0.2) is 8.42 Å². The number of carbonyl (C=O) groups excluding carboxylic acids is 1. The van der Waals surface area contributed by atoms with E-state index in [0.717, 1.165) is 5.56 Å². The Morgan fingerprint density at radius 3 is 2.30 bits per heavy atom. The fourth-order valence-electron chi connectivity index (χ4n) is 4.03. The zero-order valence-corrected chi connectivity index (χ0v) is 14.0. The first-order valence-electron chi connectivity index (χ1n) is 8.21. The van der Waals surface area contributed by atoms with Crippen LogP contribution < -0.4 is 5.73 Å². The minimum absolute atomic E-state index is 0.0456. The molecule has 0 spiro atoms. The summed E-state index contributed by atoms with van der Waals surface area (Å²) in [6, 6.07) is 9.90. The Kier molecular flexibility index (Phi) is 4.73. The van der Waals surface area contributed by atoms with Gasteiger partial charge >= 0.3 is 0 Å². The molecule has 0 bridgehead atoms. The molecule has 0 radical (unpaired) electrons. The molecule has 1 heterocycles. The molecule has 1 unspecified atom stereocenters. The maximum absolute atomic E-state index is 12.9. The normalized spacial score (nSPS) is 28.5. The van der Waals surface area contributed by atoms with Crippen LogP contribution in [0.1, 0.15) is 18.4 Å². The van der Waals surface area contributed by atoms with Crippen LogP contribution in [0.3, 0.4) is 0 Å². The van der Waals surface area contributed by atoms with Crippen LogP contribution in [0.2, 0.25) is 0 Å². The van der Waals surface area contributed by atoms with Gasteiger partial charge in [0.2, 0.25) is 5.91 Å². The van der Waals surface area contributed by atoms with E-state index in [1.54, 1.807) is 0 Å². The van der Waals surface area contributed by atoms with Gasteiger partial charge in [-0.2, -0.15) is 0 Å². The largest absolute Gasteiger partial charge is 0.337 e. The fraction of sp³-hybridized carbons (Fsp3) is 0.588. The highest BCUT2D eigenvalue weighted by atomic mass is 32.2. The molecule has 5 nitrogen and oxygen atoms in total. The van der Waals surface area contributed by atoms with Gasteiger partial charge in [0.15, 0.2) is 9.84 Å². The summed E-state index contributed by atoms with van der Waals surface area (Å²) in [6.07, 6.45) is 1.41. The third-order valence-electron chi connectivity index (χ3n) is 5.05. The van der Waals surface area contributed by atoms with Crippen molar-refractivity contribution in [3.05, 3.63) is 35.9 Å². The van der Waals surface area contributed by atoms with E-state index in [1.165, 1.54) is 0 Å². The van der Waals surface area contributed by atoms with Gasteiger partial charge in [-0.05, 0) is 30.2 Å². The Balaban J connectivity index is 1.66. The number of hydrogen-bond donors (Lipinski definition) is 1. The summed E-state index contributed by atoms with van der Waals surface area (Å²) in [7, 11) is -2.88. The number of fused-ring (bicyclic) bond motifs is 1. The van der Waals surface area contributed by atoms with Crippen molar-refractivity contribution in [2.45, 2.75) is 19.4 Å². The first-order valence-corrected chi connectivity index (χ1v) is 10.0. The van der Waals surface area contributed by atoms with Gasteiger partial charge in [-0.15, -0.1) is 0 Å². The summed E-state index contributed by atoms with van der Waals surface area (Å²) < 4.78 is 23.4. The van der Waals surface area contributed by atoms with E-state index in [-0.39, 0.29) is 35.2 Å². The molecule has 3 atom stereocenters. The molecule has 6 heteroatoms. The zero-order chi connectivity index (χ0) is 16.4. The number of carbonyl (C=O) groups is 1. The first kappa shape index (κ1) is 16.5. The minimum Gasteiger partial charge on any atom is -0.337 e. The summed E-state index contributed by atoms with van der Waals surface area (Å²) in [5.74, 6) is 0.950. The van der Waals surface area contributed by atoms with Gasteiger partial charge in [0.1, 0.15) is 0 Å². The Hall–Kier alpha value is -1.40. The van der Waals surface area contributed by atoms with Crippen LogP contribution in [0.25, 0.3) is 0 Å². The second-order valence-corrected chi connectivity index (χ2v) is 8.95. The predicted molar refractivity (Wildman–Crippen MR) is 89.3 cm³/mol. The minimum atomic E-state index is -2.88. The molecule has 3 rings (SSSR count). The molecular weight excluding hydrogens is 312 g/mol. The summed E-state index contributed by atoms with van der Waals surface area (Å²) in [5.41, 5.74) is 6.77. The van der Waals surface area contributed by atoms with Crippen LogP contribution in [-0.2, 0) is 21.2 Å². The number of sulfone groups is 1. The monoisotopic (exact) mass is 336 g/mol. The molecule has 2 aliphatic rings. The molecule has 126 valence electrons. The van der Waals surface area contributed by atoms with Crippen LogP contribution in [0.4, 0.5) is 0 Å². The second kappa shape index (κ2) is 6.61. The molecule has 1 aliphatic heterocycles. The summed E-state index contributed by atoms with van der Waals surface area (Å²) in [6.45, 7) is 1.55. The number of rotatable bonds is 5. The molecular formula is C17H24N2O3S. The van der Waals surface area contributed by atoms with Crippen LogP contribution in [0.5, 0.6) is 0 Å². The summed E-state index contributed by atoms with van der Waals surface area (Å²) in [4.78, 5) is 14.7. The Morgan fingerprint density at radius 1 is 1.13 bits per heavy atom. The molecule has 0 aromatic heterocycles. The lowest BCUT2D eigenvalue weighted by atomic mass is 10.0. The van der Waals surface area contributed by atoms with Crippen LogP contribution in [-0.4, -0.2) is 43.8 Å². The first-order chi connectivity index (χ1) is 11.0. The van der Waals surface area contributed by atoms with Crippen molar-refractivity contribution in [1.82, 2.24) is 4.90 Å². The number of nitrogens with zero attached hydrogens (tertiary/aromatic N) is 1. The lowest BCUT2D eigenvalue weighted by Gasteiger charge is -2.25. The van der Waals surface area contributed by atoms with E-state index < -0.39 is 9.84 Å². The van der Waals surface area contributed by atoms with Crippen molar-refractivity contribution in [3.63, 3.8) is 0 Å². The third kappa shape index (κ3) is 3.75. The Morgan fingerprint density at radius 2 is 1.74 bits per heavy atom. The Labute approximate surface area is 137 Å². The average molecular weight is 336 g/mol. The third-order valence-corrected chi connectivity index (χ3v) is 6.93. The van der Waals surface area contributed by atoms with E-state index in [9.17, 15) is 13.2 Å². The highest BCUT2D eigenvalue weighted by Gasteiger charge is 2.46. The lowest BCUT2D eigenvalue weighted by molar-refractivity contribution is -0.136. The van der Waals surface area contributed by atoms with Gasteiger partial charge < -0.3 is 10.6 Å². The van der Waals surface area contributed by atoms with Crippen molar-refractivity contribution >= 4 is 15.7 Å². The number of hydrogen-bond acceptors (Lipinski definition) is 4. The molecule has 23 heavy (non-hydrogen) atoms. The maximum Gasteiger partial charge on any atom is 0.226 e. The zero-order valence-electron chi connectivity index (χ0n) is 13.2. The van der Waals surface area contributed by atoms with Crippen molar-refractivity contribution < 1.29 is 13.2 Å². The van der Waals surface area contributed by atoms with Crippen molar-refractivity contribution in [3.8, 4) is 0 Å². The Bertz CT molecular complexity index is 640. The summed E-state index contributed by atoms with van der Waals surface area (Å²) >= 11 is 0. The maximum atomic E-state index is 12.9. The van der Waals surface area contributed by atoms with Crippen molar-refractivity contribution in [1.29, 1.82) is 0 Å². The van der Waals surface area contributed by atoms with Gasteiger partial charge in [-0.1, -0.05) is 30.3 Å². The van der Waals surface area contributed by atoms with E-state index in [4.69, 9.17) is 5.73 Å². The van der Waals surface area contributed by atoms with Crippen LogP contribution in [0, 0.1) is 17.8 Å². The summed E-state index contributed by atoms with van der Waals surface area (Å²) in [5, 5.41) is 0. The highest BCUT2D eigenvalue weighted by Crippen LogP contribution is 2.43. The molecule has 1 amide bonds. The van der Waals surface area contributed by atoms with E-state index in [2.05, 4.69) is 0 Å². The molecule has 1 aliphatic carbocycles. The average Bonchev–Trinajstić information content (AvgIpc) is 3.00. The van der Waals surface area contributed by atoms with Gasteiger partial charge in [0.25, 0.3) is 0 Å². The van der Waals surface area contributed by atoms with Gasteiger partial charge in [-0.3, -0.25) is 4.79 Å². The molecule has 2 fully saturated rings. The van der Waals surface area contributed by atoms with Gasteiger partial charge in [0, 0.05) is 25.6 Å². The van der Waals surface area contributed by atoms with E-state index in [1.807, 2.05) is 35.2 Å². The molecule has 1 aromatic rings. The van der Waals surface area contributed by atoms with Crippen LogP contribution in [0.15, 0.2) is 30.3 Å². The molecule has 1 saturated heterocycles. The number of nitrogens with two attached hydrogens (primary N) is 1. The van der Waals surface area contributed by atoms with Crippen molar-refractivity contribution in [2.24, 2.45) is 23.5 Å². The van der Waals surface area contributed by atoms with Crippen molar-refractivity contribution in [2.75, 3.05) is 24.6 Å². The topological polar surface area (TPSA) is 80.5 Å². The standard InChI is InChI=1S/C17H24N2O3S/c18-6-7-19(10-13-4-2-1-3-5-13)17(20)14-8-15-11-23(21,22)12-16(15)9-14/h1-5,14-16H,6-12,18H2/t14?,15-,16+. The quantitative estimate of drug-likeness (QED) is 0.871. The van der Waals surface area contributed by atoms with E-state index >= 15 is 0 Å². The predicted octanol–water partition coefficient (Wildman–Crippen LogP) is 1.04. The second-order valence-electron chi connectivity index (χ2n) is 6.80. The molecule has 2 N–H and O–H groups in total. The van der Waals surface area contributed by atoms with E-state index in [0.29, 0.717) is 32.5 Å². The number of benzene rings is 1. The molecule has 1 aromatic carbocycles. The lowest BCUT2D eigenvalue weighted by Crippen LogP contribution is -2.38. The molecule has 1 saturated carbocycles. The van der Waals surface area contributed by atoms with Crippen LogP contribution >= 0.6 is 0 Å². The number of amides is 1. The highest BCUT2D eigenvalue weighted by molar-refractivity contribution is 7.91. The SMILES string of the molecule is NCCN(Cc1ccccc1)C(=O)C1C[C@@H]2CS(=O)(=O)C[C@@H]2C1.